The largest absolute Gasteiger partial charge is 0.440 e. The summed E-state index contributed by atoms with van der Waals surface area (Å²) in [6.07, 6.45) is 0. The smallest absolute Gasteiger partial charge is 0.265 e. The Morgan fingerprint density at radius 1 is 0.941 bits per heavy atom. The normalized spacial score (nSPS) is 11.8. The van der Waals surface area contributed by atoms with Crippen molar-refractivity contribution < 1.29 is 9.21 Å². The summed E-state index contributed by atoms with van der Waals surface area (Å²) in [4.78, 5) is 34.9. The van der Waals surface area contributed by atoms with E-state index in [4.69, 9.17) is 4.42 Å². The molecular weight excluding hydrogens is 428 g/mol. The van der Waals surface area contributed by atoms with E-state index in [1.807, 2.05) is 39.0 Å². The Hall–Kier alpha value is -4.26. The zero-order valence-corrected chi connectivity index (χ0v) is 19.4. The summed E-state index contributed by atoms with van der Waals surface area (Å²) in [5.74, 6) is 0.970. The summed E-state index contributed by atoms with van der Waals surface area (Å²) in [6, 6.07) is 19.5. The van der Waals surface area contributed by atoms with Crippen molar-refractivity contribution in [1.29, 1.82) is 0 Å². The molecule has 0 aliphatic carbocycles. The Labute approximate surface area is 196 Å². The molecule has 0 fully saturated rings. The lowest BCUT2D eigenvalue weighted by Crippen LogP contribution is -2.22. The minimum atomic E-state index is -0.258. The molecule has 0 aliphatic heterocycles. The van der Waals surface area contributed by atoms with Crippen LogP contribution in [0.15, 0.2) is 75.9 Å². The molecule has 0 spiro atoms. The van der Waals surface area contributed by atoms with Gasteiger partial charge in [0, 0.05) is 16.7 Å². The SMILES string of the molecule is Cc1nc2ccccc2c(=O)n1-c1ccc(C(=O)Nc2ccc3oc(C(C)(C)C)nc3c2)cc1. The molecule has 0 radical (unpaired) electrons. The first-order valence-electron chi connectivity index (χ1n) is 11.0. The highest BCUT2D eigenvalue weighted by Gasteiger charge is 2.21. The molecule has 1 N–H and O–H groups in total. The van der Waals surface area contributed by atoms with Crippen molar-refractivity contribution >= 4 is 33.6 Å². The van der Waals surface area contributed by atoms with E-state index in [0.717, 1.165) is 0 Å². The van der Waals surface area contributed by atoms with Crippen LogP contribution in [0.4, 0.5) is 5.69 Å². The topological polar surface area (TPSA) is 90.0 Å². The summed E-state index contributed by atoms with van der Waals surface area (Å²) >= 11 is 0. The second kappa shape index (κ2) is 7.95. The van der Waals surface area contributed by atoms with Gasteiger partial charge in [-0.15, -0.1) is 0 Å². The first-order chi connectivity index (χ1) is 16.2. The average molecular weight is 453 g/mol. The molecule has 7 nitrogen and oxygen atoms in total. The number of rotatable bonds is 3. The van der Waals surface area contributed by atoms with E-state index in [-0.39, 0.29) is 16.9 Å². The molecule has 0 saturated carbocycles. The van der Waals surface area contributed by atoms with Crippen LogP contribution in [0.25, 0.3) is 27.7 Å². The minimum absolute atomic E-state index is 0.143. The standard InChI is InChI=1S/C27H24N4O3/c1-16-28-21-8-6-5-7-20(21)25(33)31(16)19-12-9-17(10-13-19)24(32)29-18-11-14-23-22(15-18)30-26(34-23)27(2,3)4/h5-15H,1-4H3,(H,29,32). The second-order valence-electron chi connectivity index (χ2n) is 9.27. The monoisotopic (exact) mass is 452 g/mol. The minimum Gasteiger partial charge on any atom is -0.440 e. The first kappa shape index (κ1) is 21.6. The molecule has 5 rings (SSSR count). The van der Waals surface area contributed by atoms with Crippen molar-refractivity contribution in [1.82, 2.24) is 14.5 Å². The number of nitrogens with zero attached hydrogens (tertiary/aromatic N) is 3. The van der Waals surface area contributed by atoms with Gasteiger partial charge in [0.25, 0.3) is 11.5 Å². The molecule has 2 heterocycles. The van der Waals surface area contributed by atoms with E-state index in [0.29, 0.717) is 50.7 Å². The average Bonchev–Trinajstić information content (AvgIpc) is 3.24. The van der Waals surface area contributed by atoms with Crippen LogP contribution in [0.3, 0.4) is 0 Å². The molecule has 34 heavy (non-hydrogen) atoms. The highest BCUT2D eigenvalue weighted by atomic mass is 16.3. The number of anilines is 1. The van der Waals surface area contributed by atoms with Crippen molar-refractivity contribution in [3.8, 4) is 5.69 Å². The summed E-state index contributed by atoms with van der Waals surface area (Å²) in [7, 11) is 0. The Morgan fingerprint density at radius 3 is 2.41 bits per heavy atom. The van der Waals surface area contributed by atoms with Gasteiger partial charge in [0.2, 0.25) is 5.89 Å². The van der Waals surface area contributed by atoms with Crippen LogP contribution in [0.1, 0.15) is 42.8 Å². The maximum atomic E-state index is 13.0. The fraction of sp³-hybridized carbons (Fsp3) is 0.185. The van der Waals surface area contributed by atoms with Gasteiger partial charge >= 0.3 is 0 Å². The molecule has 2 aromatic heterocycles. The zero-order chi connectivity index (χ0) is 24.0. The summed E-state index contributed by atoms with van der Waals surface area (Å²) in [5.41, 5.74) is 3.43. The molecule has 0 unspecified atom stereocenters. The van der Waals surface area contributed by atoms with Crippen LogP contribution in [-0.4, -0.2) is 20.4 Å². The number of fused-ring (bicyclic) bond motifs is 2. The Morgan fingerprint density at radius 2 is 1.68 bits per heavy atom. The summed E-state index contributed by atoms with van der Waals surface area (Å²) in [5, 5.41) is 3.45. The predicted molar refractivity (Wildman–Crippen MR) is 133 cm³/mol. The van der Waals surface area contributed by atoms with Gasteiger partial charge in [0.05, 0.1) is 16.6 Å². The quantitative estimate of drug-likeness (QED) is 0.397. The van der Waals surface area contributed by atoms with Gasteiger partial charge in [-0.1, -0.05) is 32.9 Å². The number of oxazole rings is 1. The maximum absolute atomic E-state index is 13.0. The zero-order valence-electron chi connectivity index (χ0n) is 19.4. The number of benzene rings is 3. The van der Waals surface area contributed by atoms with Gasteiger partial charge in [-0.3, -0.25) is 14.2 Å². The number of carbonyl (C=O) groups excluding carboxylic acids is 1. The second-order valence-corrected chi connectivity index (χ2v) is 9.27. The van der Waals surface area contributed by atoms with Crippen LogP contribution in [-0.2, 0) is 5.41 Å². The number of aromatic nitrogens is 3. The molecule has 0 atom stereocenters. The lowest BCUT2D eigenvalue weighted by atomic mass is 9.97. The molecule has 3 aromatic carbocycles. The van der Waals surface area contributed by atoms with Crippen LogP contribution < -0.4 is 10.9 Å². The summed E-state index contributed by atoms with van der Waals surface area (Å²) < 4.78 is 7.37. The van der Waals surface area contributed by atoms with Gasteiger partial charge in [-0.25, -0.2) is 9.97 Å². The first-order valence-corrected chi connectivity index (χ1v) is 11.0. The van der Waals surface area contributed by atoms with E-state index >= 15 is 0 Å². The van der Waals surface area contributed by atoms with Crippen LogP contribution in [0.2, 0.25) is 0 Å². The summed E-state index contributed by atoms with van der Waals surface area (Å²) in [6.45, 7) is 7.90. The molecular formula is C27H24N4O3. The highest BCUT2D eigenvalue weighted by Crippen LogP contribution is 2.27. The van der Waals surface area contributed by atoms with Crippen molar-refractivity contribution in [2.24, 2.45) is 0 Å². The van der Waals surface area contributed by atoms with Gasteiger partial charge in [-0.2, -0.15) is 0 Å². The van der Waals surface area contributed by atoms with Crippen molar-refractivity contribution in [2.45, 2.75) is 33.1 Å². The van der Waals surface area contributed by atoms with Gasteiger partial charge in [0.1, 0.15) is 11.3 Å². The van der Waals surface area contributed by atoms with E-state index in [9.17, 15) is 9.59 Å². The van der Waals surface area contributed by atoms with E-state index in [1.165, 1.54) is 0 Å². The van der Waals surface area contributed by atoms with Crippen molar-refractivity contribution in [2.75, 3.05) is 5.32 Å². The molecule has 0 saturated heterocycles. The molecule has 0 bridgehead atoms. The third-order valence-electron chi connectivity index (χ3n) is 5.62. The molecule has 170 valence electrons. The third kappa shape index (κ3) is 3.85. The fourth-order valence-electron chi connectivity index (χ4n) is 3.84. The number of hydrogen-bond acceptors (Lipinski definition) is 5. The van der Waals surface area contributed by atoms with E-state index < -0.39 is 0 Å². The number of nitrogens with one attached hydrogen (secondary N) is 1. The van der Waals surface area contributed by atoms with Crippen LogP contribution in [0, 0.1) is 6.92 Å². The van der Waals surface area contributed by atoms with Crippen LogP contribution >= 0.6 is 0 Å². The van der Waals surface area contributed by atoms with Crippen molar-refractivity contribution in [3.63, 3.8) is 0 Å². The van der Waals surface area contributed by atoms with Gasteiger partial charge in [0.15, 0.2) is 5.58 Å². The Bertz CT molecular complexity index is 1610. The lowest BCUT2D eigenvalue weighted by Gasteiger charge is -2.11. The maximum Gasteiger partial charge on any atom is 0.265 e. The predicted octanol–water partition coefficient (Wildman–Crippen LogP) is 5.39. The van der Waals surface area contributed by atoms with Gasteiger partial charge < -0.3 is 9.73 Å². The number of aryl methyl sites for hydroxylation is 1. The fourth-order valence-corrected chi connectivity index (χ4v) is 3.84. The lowest BCUT2D eigenvalue weighted by molar-refractivity contribution is 0.102. The van der Waals surface area contributed by atoms with Crippen molar-refractivity contribution in [3.05, 3.63) is 94.4 Å². The molecule has 0 aliphatic rings. The van der Waals surface area contributed by atoms with Gasteiger partial charge in [-0.05, 0) is 61.5 Å². The Balaban J connectivity index is 1.40. The van der Waals surface area contributed by atoms with Crippen LogP contribution in [0.5, 0.6) is 0 Å². The third-order valence-corrected chi connectivity index (χ3v) is 5.62. The molecule has 7 heteroatoms. The molecule has 1 amide bonds. The van der Waals surface area contributed by atoms with E-state index in [2.05, 4.69) is 15.3 Å². The highest BCUT2D eigenvalue weighted by molar-refractivity contribution is 6.05. The number of amides is 1. The number of carbonyl (C=O) groups is 1. The number of para-hydroxylation sites is 1. The molecule has 5 aromatic rings. The Kier molecular flexibility index (Phi) is 5.05. The van der Waals surface area contributed by atoms with E-state index in [1.54, 1.807) is 60.0 Å². The number of hydrogen-bond donors (Lipinski definition) is 1.